The van der Waals surface area contributed by atoms with Gasteiger partial charge in [-0.3, -0.25) is 4.79 Å². The fourth-order valence-electron chi connectivity index (χ4n) is 9.07. The molecule has 0 saturated heterocycles. The van der Waals surface area contributed by atoms with Gasteiger partial charge in [0.15, 0.2) is 0 Å². The molecule has 0 radical (unpaired) electrons. The molecule has 3 N–H and O–H groups in total. The third-order valence-corrected chi connectivity index (χ3v) is 10.9. The Morgan fingerprint density at radius 1 is 1.06 bits per heavy atom. The first-order valence-corrected chi connectivity index (χ1v) is 13.3. The molecule has 178 valence electrons. The summed E-state index contributed by atoms with van der Waals surface area (Å²) < 4.78 is 0. The van der Waals surface area contributed by atoms with Crippen molar-refractivity contribution in [3.05, 3.63) is 0 Å². The summed E-state index contributed by atoms with van der Waals surface area (Å²) in [5.41, 5.74) is 0.295. The van der Waals surface area contributed by atoms with Crippen molar-refractivity contribution in [3.63, 3.8) is 0 Å². The van der Waals surface area contributed by atoms with Crippen LogP contribution in [-0.2, 0) is 4.79 Å². The minimum Gasteiger partial charge on any atom is -0.393 e. The molecule has 4 saturated carbocycles. The quantitative estimate of drug-likeness (QED) is 0.557. The Labute approximate surface area is 190 Å². The van der Waals surface area contributed by atoms with Gasteiger partial charge in [0, 0.05) is 13.0 Å². The number of fused-ring (bicyclic) bond motifs is 5. The van der Waals surface area contributed by atoms with Crippen molar-refractivity contribution in [2.75, 3.05) is 6.54 Å². The van der Waals surface area contributed by atoms with E-state index in [-0.39, 0.29) is 23.5 Å². The van der Waals surface area contributed by atoms with Gasteiger partial charge in [-0.25, -0.2) is 0 Å². The minimum atomic E-state index is -0.231. The van der Waals surface area contributed by atoms with Gasteiger partial charge in [-0.05, 0) is 111 Å². The highest BCUT2D eigenvalue weighted by Gasteiger charge is 2.63. The molecule has 10 atom stereocenters. The number of amides is 1. The second-order valence-corrected chi connectivity index (χ2v) is 12.3. The Balaban J connectivity index is 1.47. The average Bonchev–Trinajstić information content (AvgIpc) is 3.10. The fourth-order valence-corrected chi connectivity index (χ4v) is 9.07. The summed E-state index contributed by atoms with van der Waals surface area (Å²) in [6.07, 6.45) is 11.2. The predicted molar refractivity (Wildman–Crippen MR) is 124 cm³/mol. The molecule has 0 bridgehead atoms. The molecule has 0 heterocycles. The van der Waals surface area contributed by atoms with E-state index in [0.717, 1.165) is 51.0 Å². The highest BCUT2D eigenvalue weighted by atomic mass is 16.3. The molecule has 0 aliphatic heterocycles. The Morgan fingerprint density at radius 3 is 2.58 bits per heavy atom. The van der Waals surface area contributed by atoms with Crippen LogP contribution in [0, 0.1) is 46.3 Å². The summed E-state index contributed by atoms with van der Waals surface area (Å²) in [6, 6.07) is 0. The number of hydrogen-bond acceptors (Lipinski definition) is 3. The smallest absolute Gasteiger partial charge is 0.220 e. The maximum Gasteiger partial charge on any atom is 0.220 e. The number of carbonyl (C=O) groups is 1. The SMILES string of the molecule is CCCNC(=O)CC[C@H](C)[C@H]1CC[C@H]2[C@H]3CC[C@H]4C[C@@H](O)CC[C@@]4(C)[C@H]3C[C@@H](O)[C@]12C. The molecule has 1 amide bonds. The summed E-state index contributed by atoms with van der Waals surface area (Å²) in [7, 11) is 0. The van der Waals surface area contributed by atoms with E-state index in [4.69, 9.17) is 0 Å². The molecule has 0 unspecified atom stereocenters. The molecule has 4 aliphatic rings. The summed E-state index contributed by atoms with van der Waals surface area (Å²) in [5, 5.41) is 24.9. The number of rotatable bonds is 6. The van der Waals surface area contributed by atoms with Crippen LogP contribution in [0.15, 0.2) is 0 Å². The maximum atomic E-state index is 12.2. The minimum absolute atomic E-state index is 0.00213. The van der Waals surface area contributed by atoms with E-state index in [2.05, 4.69) is 33.0 Å². The summed E-state index contributed by atoms with van der Waals surface area (Å²) in [6.45, 7) is 10.1. The van der Waals surface area contributed by atoms with Crippen molar-refractivity contribution in [1.29, 1.82) is 0 Å². The summed E-state index contributed by atoms with van der Waals surface area (Å²) in [4.78, 5) is 12.2. The first-order valence-electron chi connectivity index (χ1n) is 13.3. The highest BCUT2D eigenvalue weighted by Crippen LogP contribution is 2.68. The standard InChI is InChI=1S/C27H47NO3/c1-5-14-28-25(31)11-6-17(2)21-9-10-22-20-8-7-18-15-19(29)12-13-26(18,3)23(20)16-24(30)27(21,22)4/h17-24,29-30H,5-16H2,1-4H3,(H,28,31)/t17-,18-,19-,20+,21+,22-,23-,24+,26+,27+/m0/s1. The Hall–Kier alpha value is -0.610. The molecular formula is C27H47NO3. The number of hydrogen-bond donors (Lipinski definition) is 3. The molecule has 4 nitrogen and oxygen atoms in total. The average molecular weight is 434 g/mol. The zero-order chi connectivity index (χ0) is 22.4. The van der Waals surface area contributed by atoms with E-state index in [1.807, 2.05) is 0 Å². The van der Waals surface area contributed by atoms with Gasteiger partial charge in [0.1, 0.15) is 0 Å². The zero-order valence-electron chi connectivity index (χ0n) is 20.4. The van der Waals surface area contributed by atoms with E-state index in [1.54, 1.807) is 0 Å². The second kappa shape index (κ2) is 8.97. The lowest BCUT2D eigenvalue weighted by atomic mass is 9.43. The van der Waals surface area contributed by atoms with E-state index in [1.165, 1.54) is 25.7 Å². The molecule has 0 aromatic carbocycles. The largest absolute Gasteiger partial charge is 0.393 e. The van der Waals surface area contributed by atoms with Crippen molar-refractivity contribution in [3.8, 4) is 0 Å². The normalized spacial score (nSPS) is 47.7. The van der Waals surface area contributed by atoms with Gasteiger partial charge in [-0.15, -0.1) is 0 Å². The molecule has 0 aromatic rings. The van der Waals surface area contributed by atoms with Gasteiger partial charge in [-0.1, -0.05) is 27.7 Å². The third kappa shape index (κ3) is 3.98. The molecule has 4 heteroatoms. The van der Waals surface area contributed by atoms with Crippen molar-refractivity contribution >= 4 is 5.91 Å². The monoisotopic (exact) mass is 433 g/mol. The molecule has 4 aliphatic carbocycles. The Bertz CT molecular complexity index is 652. The van der Waals surface area contributed by atoms with Gasteiger partial charge in [0.2, 0.25) is 5.91 Å². The van der Waals surface area contributed by atoms with Gasteiger partial charge >= 0.3 is 0 Å². The van der Waals surface area contributed by atoms with Crippen LogP contribution in [0.4, 0.5) is 0 Å². The molecule has 0 spiro atoms. The number of aliphatic hydroxyl groups is 2. The molecular weight excluding hydrogens is 386 g/mol. The molecule has 0 aromatic heterocycles. The first-order chi connectivity index (χ1) is 14.7. The van der Waals surface area contributed by atoms with Crippen LogP contribution in [0.1, 0.15) is 98.3 Å². The van der Waals surface area contributed by atoms with Gasteiger partial charge < -0.3 is 15.5 Å². The summed E-state index contributed by atoms with van der Waals surface area (Å²) >= 11 is 0. The Kier molecular flexibility index (Phi) is 6.81. The zero-order valence-corrected chi connectivity index (χ0v) is 20.4. The molecule has 4 rings (SSSR count). The van der Waals surface area contributed by atoms with Gasteiger partial charge in [0.25, 0.3) is 0 Å². The van der Waals surface area contributed by atoms with Crippen LogP contribution < -0.4 is 5.32 Å². The molecule has 4 fully saturated rings. The lowest BCUT2D eigenvalue weighted by Crippen LogP contribution is -2.58. The van der Waals surface area contributed by atoms with E-state index >= 15 is 0 Å². The maximum absolute atomic E-state index is 12.2. The van der Waals surface area contributed by atoms with Crippen LogP contribution >= 0.6 is 0 Å². The van der Waals surface area contributed by atoms with E-state index in [0.29, 0.717) is 41.4 Å². The highest BCUT2D eigenvalue weighted by molar-refractivity contribution is 5.75. The van der Waals surface area contributed by atoms with Crippen LogP contribution in [0.25, 0.3) is 0 Å². The Morgan fingerprint density at radius 2 is 1.84 bits per heavy atom. The fraction of sp³-hybridized carbons (Fsp3) is 0.963. The van der Waals surface area contributed by atoms with Crippen LogP contribution in [0.2, 0.25) is 0 Å². The molecule has 31 heavy (non-hydrogen) atoms. The number of nitrogens with one attached hydrogen (secondary N) is 1. The lowest BCUT2D eigenvalue weighted by Gasteiger charge is -2.62. The van der Waals surface area contributed by atoms with Crippen LogP contribution in [0.3, 0.4) is 0 Å². The second-order valence-electron chi connectivity index (χ2n) is 12.3. The van der Waals surface area contributed by atoms with Crippen molar-refractivity contribution in [2.45, 2.75) is 111 Å². The number of aliphatic hydroxyl groups excluding tert-OH is 2. The lowest BCUT2D eigenvalue weighted by molar-refractivity contribution is -0.174. The predicted octanol–water partition coefficient (Wildman–Crippen LogP) is 4.92. The topological polar surface area (TPSA) is 69.6 Å². The third-order valence-electron chi connectivity index (χ3n) is 10.9. The van der Waals surface area contributed by atoms with Crippen LogP contribution in [0.5, 0.6) is 0 Å². The van der Waals surface area contributed by atoms with Crippen molar-refractivity contribution < 1.29 is 15.0 Å². The van der Waals surface area contributed by atoms with E-state index in [9.17, 15) is 15.0 Å². The van der Waals surface area contributed by atoms with Crippen molar-refractivity contribution in [2.24, 2.45) is 46.3 Å². The van der Waals surface area contributed by atoms with Gasteiger partial charge in [0.05, 0.1) is 12.2 Å². The van der Waals surface area contributed by atoms with Crippen molar-refractivity contribution in [1.82, 2.24) is 5.32 Å². The van der Waals surface area contributed by atoms with Gasteiger partial charge in [-0.2, -0.15) is 0 Å². The van der Waals surface area contributed by atoms with Crippen LogP contribution in [-0.4, -0.2) is 34.9 Å². The number of carbonyl (C=O) groups excluding carboxylic acids is 1. The van der Waals surface area contributed by atoms with E-state index < -0.39 is 0 Å². The first kappa shape index (κ1) is 23.5. The summed E-state index contributed by atoms with van der Waals surface area (Å²) in [5.74, 6) is 3.77.